The van der Waals surface area contributed by atoms with Crippen LogP contribution in [0, 0.1) is 0 Å². The van der Waals surface area contributed by atoms with Gasteiger partial charge < -0.3 is 14.2 Å². The van der Waals surface area contributed by atoms with Crippen LogP contribution in [-0.4, -0.2) is 46.2 Å². The molecule has 2 aromatic rings. The quantitative estimate of drug-likeness (QED) is 0.742. The molecule has 0 radical (unpaired) electrons. The summed E-state index contributed by atoms with van der Waals surface area (Å²) in [4.78, 5) is 0.189. The highest BCUT2D eigenvalue weighted by Crippen LogP contribution is 2.33. The molecule has 0 aromatic heterocycles. The van der Waals surface area contributed by atoms with Crippen molar-refractivity contribution in [3.8, 4) is 11.5 Å². The van der Waals surface area contributed by atoms with Crippen LogP contribution in [0.3, 0.4) is 0 Å². The van der Waals surface area contributed by atoms with Gasteiger partial charge in [0.2, 0.25) is 10.0 Å². The molecule has 0 atom stereocenters. The smallest absolute Gasteiger partial charge is 0.243 e. The molecular formula is C19H23NO5S. The Kier molecular flexibility index (Phi) is 6.13. The number of methoxy groups -OCH3 is 1. The van der Waals surface area contributed by atoms with E-state index >= 15 is 0 Å². The number of nitrogens with zero attached hydrogens (tertiary/aromatic N) is 1. The van der Waals surface area contributed by atoms with Gasteiger partial charge in [-0.05, 0) is 17.7 Å². The molecule has 0 amide bonds. The van der Waals surface area contributed by atoms with Crippen molar-refractivity contribution in [3.63, 3.8) is 0 Å². The van der Waals surface area contributed by atoms with Crippen molar-refractivity contribution in [1.82, 2.24) is 4.31 Å². The molecule has 0 aliphatic carbocycles. The zero-order valence-corrected chi connectivity index (χ0v) is 15.6. The molecule has 0 saturated heterocycles. The van der Waals surface area contributed by atoms with E-state index in [1.54, 1.807) is 25.3 Å². The first kappa shape index (κ1) is 18.7. The van der Waals surface area contributed by atoms with Gasteiger partial charge in [0.05, 0.1) is 24.7 Å². The lowest BCUT2D eigenvalue weighted by molar-refractivity contribution is 0.177. The Balaban J connectivity index is 1.90. The second-order valence-corrected chi connectivity index (χ2v) is 7.91. The monoisotopic (exact) mass is 377 g/mol. The molecule has 1 heterocycles. The zero-order chi connectivity index (χ0) is 18.4. The molecule has 0 saturated carbocycles. The first-order valence-electron chi connectivity index (χ1n) is 8.54. The van der Waals surface area contributed by atoms with Crippen LogP contribution in [0.1, 0.15) is 12.0 Å². The van der Waals surface area contributed by atoms with Crippen LogP contribution in [0.25, 0.3) is 0 Å². The summed E-state index contributed by atoms with van der Waals surface area (Å²) in [5.41, 5.74) is 0.918. The molecule has 140 valence electrons. The summed E-state index contributed by atoms with van der Waals surface area (Å²) in [6.07, 6.45) is 0.769. The Morgan fingerprint density at radius 3 is 2.50 bits per heavy atom. The second kappa shape index (κ2) is 8.53. The Morgan fingerprint density at radius 1 is 1.04 bits per heavy atom. The predicted octanol–water partition coefficient (Wildman–Crippen LogP) is 2.69. The third kappa shape index (κ3) is 4.35. The van der Waals surface area contributed by atoms with Gasteiger partial charge in [0.1, 0.15) is 0 Å². The maximum absolute atomic E-state index is 13.2. The van der Waals surface area contributed by atoms with Gasteiger partial charge >= 0.3 is 0 Å². The summed E-state index contributed by atoms with van der Waals surface area (Å²) < 4.78 is 44.1. The van der Waals surface area contributed by atoms with Crippen molar-refractivity contribution in [2.45, 2.75) is 17.9 Å². The molecule has 3 rings (SSSR count). The van der Waals surface area contributed by atoms with Gasteiger partial charge in [0.25, 0.3) is 0 Å². The Hall–Kier alpha value is -2.09. The Bertz CT molecular complexity index is 823. The SMILES string of the molecule is COCCN(Cc1ccccc1)S(=O)(=O)c1ccc2c(c1)OCCCO2. The van der Waals surface area contributed by atoms with Crippen LogP contribution in [-0.2, 0) is 21.3 Å². The number of ether oxygens (including phenoxy) is 3. The molecule has 0 spiro atoms. The molecule has 0 unspecified atom stereocenters. The summed E-state index contributed by atoms with van der Waals surface area (Å²) in [5, 5.41) is 0. The highest BCUT2D eigenvalue weighted by Gasteiger charge is 2.26. The molecule has 0 bridgehead atoms. The van der Waals surface area contributed by atoms with Crippen LogP contribution in [0.5, 0.6) is 11.5 Å². The first-order valence-corrected chi connectivity index (χ1v) is 9.98. The topological polar surface area (TPSA) is 65.1 Å². The lowest BCUT2D eigenvalue weighted by Gasteiger charge is -2.22. The second-order valence-electron chi connectivity index (χ2n) is 5.98. The molecule has 6 nitrogen and oxygen atoms in total. The Labute approximate surface area is 154 Å². The van der Waals surface area contributed by atoms with Gasteiger partial charge in [-0.25, -0.2) is 8.42 Å². The average molecular weight is 377 g/mol. The number of fused-ring (bicyclic) bond motifs is 1. The van der Waals surface area contributed by atoms with Crippen LogP contribution in [0.15, 0.2) is 53.4 Å². The molecule has 7 heteroatoms. The number of hydrogen-bond donors (Lipinski definition) is 0. The van der Waals surface area contributed by atoms with E-state index in [0.717, 1.165) is 12.0 Å². The van der Waals surface area contributed by atoms with Gasteiger partial charge in [-0.1, -0.05) is 30.3 Å². The minimum Gasteiger partial charge on any atom is -0.490 e. The Morgan fingerprint density at radius 2 is 1.77 bits per heavy atom. The average Bonchev–Trinajstić information content (AvgIpc) is 2.90. The highest BCUT2D eigenvalue weighted by atomic mass is 32.2. The molecular weight excluding hydrogens is 354 g/mol. The van der Waals surface area contributed by atoms with E-state index < -0.39 is 10.0 Å². The highest BCUT2D eigenvalue weighted by molar-refractivity contribution is 7.89. The lowest BCUT2D eigenvalue weighted by atomic mass is 10.2. The van der Waals surface area contributed by atoms with E-state index in [9.17, 15) is 8.42 Å². The normalized spacial score (nSPS) is 14.2. The van der Waals surface area contributed by atoms with Gasteiger partial charge in [-0.15, -0.1) is 0 Å². The number of rotatable bonds is 7. The fourth-order valence-electron chi connectivity index (χ4n) is 2.72. The maximum Gasteiger partial charge on any atom is 0.243 e. The third-order valence-electron chi connectivity index (χ3n) is 4.10. The summed E-state index contributed by atoms with van der Waals surface area (Å²) in [6, 6.07) is 14.3. The molecule has 2 aromatic carbocycles. The third-order valence-corrected chi connectivity index (χ3v) is 5.94. The van der Waals surface area contributed by atoms with E-state index in [0.29, 0.717) is 31.3 Å². The first-order chi connectivity index (χ1) is 12.6. The largest absolute Gasteiger partial charge is 0.490 e. The fraction of sp³-hybridized carbons (Fsp3) is 0.368. The van der Waals surface area contributed by atoms with Crippen molar-refractivity contribution in [3.05, 3.63) is 54.1 Å². The van der Waals surface area contributed by atoms with Gasteiger partial charge in [0, 0.05) is 32.7 Å². The van der Waals surface area contributed by atoms with E-state index in [4.69, 9.17) is 14.2 Å². The zero-order valence-electron chi connectivity index (χ0n) is 14.8. The number of sulfonamides is 1. The van der Waals surface area contributed by atoms with Crippen LogP contribution in [0.4, 0.5) is 0 Å². The van der Waals surface area contributed by atoms with Gasteiger partial charge in [0.15, 0.2) is 11.5 Å². The summed E-state index contributed by atoms with van der Waals surface area (Å²) >= 11 is 0. The van der Waals surface area contributed by atoms with Crippen LogP contribution in [0.2, 0.25) is 0 Å². The summed E-state index contributed by atoms with van der Waals surface area (Å²) in [5.74, 6) is 1.04. The van der Waals surface area contributed by atoms with Gasteiger partial charge in [-0.3, -0.25) is 0 Å². The standard InChI is InChI=1S/C19H23NO5S/c1-23-13-10-20(15-16-6-3-2-4-7-16)26(21,22)17-8-9-18-19(14-17)25-12-5-11-24-18/h2-4,6-9,14H,5,10-13,15H2,1H3. The van der Waals surface area contributed by atoms with Crippen LogP contribution >= 0.6 is 0 Å². The predicted molar refractivity (Wildman–Crippen MR) is 98.0 cm³/mol. The van der Waals surface area contributed by atoms with E-state index in [1.165, 1.54) is 4.31 Å². The molecule has 0 fully saturated rings. The lowest BCUT2D eigenvalue weighted by Crippen LogP contribution is -2.33. The van der Waals surface area contributed by atoms with Crippen molar-refractivity contribution in [1.29, 1.82) is 0 Å². The summed E-state index contributed by atoms with van der Waals surface area (Å²) in [6.45, 7) is 1.93. The van der Waals surface area contributed by atoms with Crippen LogP contribution < -0.4 is 9.47 Å². The fourth-order valence-corrected chi connectivity index (χ4v) is 4.15. The maximum atomic E-state index is 13.2. The van der Waals surface area contributed by atoms with E-state index in [1.807, 2.05) is 30.3 Å². The van der Waals surface area contributed by atoms with Gasteiger partial charge in [-0.2, -0.15) is 4.31 Å². The molecule has 0 N–H and O–H groups in total. The molecule has 1 aliphatic heterocycles. The van der Waals surface area contributed by atoms with Crippen molar-refractivity contribution >= 4 is 10.0 Å². The number of benzene rings is 2. The number of hydrogen-bond acceptors (Lipinski definition) is 5. The summed E-state index contributed by atoms with van der Waals surface area (Å²) in [7, 11) is -2.14. The minimum atomic E-state index is -3.70. The van der Waals surface area contributed by atoms with Crippen molar-refractivity contribution in [2.75, 3.05) is 33.5 Å². The van der Waals surface area contributed by atoms with E-state index in [-0.39, 0.29) is 18.0 Å². The molecule has 1 aliphatic rings. The van der Waals surface area contributed by atoms with Crippen molar-refractivity contribution in [2.24, 2.45) is 0 Å². The van der Waals surface area contributed by atoms with Crippen molar-refractivity contribution < 1.29 is 22.6 Å². The van der Waals surface area contributed by atoms with E-state index in [2.05, 4.69) is 0 Å². The minimum absolute atomic E-state index is 0.189. The molecule has 26 heavy (non-hydrogen) atoms.